The van der Waals surface area contributed by atoms with E-state index >= 15 is 0 Å². The Bertz CT molecular complexity index is 984. The van der Waals surface area contributed by atoms with E-state index in [0.29, 0.717) is 13.2 Å². The van der Waals surface area contributed by atoms with Gasteiger partial charge in [0, 0.05) is 22.3 Å². The van der Waals surface area contributed by atoms with E-state index in [0.717, 1.165) is 32.6 Å². The van der Waals surface area contributed by atoms with E-state index in [2.05, 4.69) is 52.4 Å². The smallest absolute Gasteiger partial charge is 0.335 e. The number of rotatable bonds is 7. The van der Waals surface area contributed by atoms with Crippen LogP contribution < -0.4 is 10.1 Å². The first-order valence-corrected chi connectivity index (χ1v) is 9.76. The van der Waals surface area contributed by atoms with Crippen LogP contribution in [0.2, 0.25) is 0 Å². The number of hydrogen-bond acceptors (Lipinski definition) is 3. The Morgan fingerprint density at radius 3 is 2.46 bits per heavy atom. The second-order valence-corrected chi connectivity index (χ2v) is 7.63. The van der Waals surface area contributed by atoms with E-state index in [-0.39, 0.29) is 5.56 Å². The molecule has 28 heavy (non-hydrogen) atoms. The highest BCUT2D eigenvalue weighted by Crippen LogP contribution is 2.26. The third-order valence-corrected chi connectivity index (χ3v) is 4.97. The van der Waals surface area contributed by atoms with Crippen LogP contribution in [0.5, 0.6) is 5.75 Å². The molecule has 0 radical (unpaired) electrons. The maximum atomic E-state index is 11.1. The van der Waals surface area contributed by atoms with Gasteiger partial charge in [0.1, 0.15) is 12.4 Å². The number of carbonyl (C=O) groups is 1. The number of carboxylic acids is 1. The molecule has 0 spiro atoms. The topological polar surface area (TPSA) is 58.6 Å². The number of halogens is 1. The Balaban J connectivity index is 1.72. The van der Waals surface area contributed by atoms with Crippen LogP contribution >= 0.6 is 15.9 Å². The molecule has 2 N–H and O–H groups in total. The van der Waals surface area contributed by atoms with Crippen LogP contribution in [0.1, 0.15) is 32.6 Å². The molecule has 0 unspecified atom stereocenters. The average Bonchev–Trinajstić information content (AvgIpc) is 2.67. The fourth-order valence-corrected chi connectivity index (χ4v) is 3.27. The highest BCUT2D eigenvalue weighted by Gasteiger charge is 2.09. The van der Waals surface area contributed by atoms with Gasteiger partial charge in [0.2, 0.25) is 0 Å². The second-order valence-electron chi connectivity index (χ2n) is 6.71. The molecule has 0 aliphatic heterocycles. The molecule has 0 amide bonds. The highest BCUT2D eigenvalue weighted by molar-refractivity contribution is 9.10. The lowest BCUT2D eigenvalue weighted by atomic mass is 10.1. The first-order chi connectivity index (χ1) is 13.4. The molecule has 5 heteroatoms. The summed E-state index contributed by atoms with van der Waals surface area (Å²) in [5.41, 5.74) is 5.43. The molecule has 0 saturated carbocycles. The minimum Gasteiger partial charge on any atom is -0.489 e. The zero-order valence-corrected chi connectivity index (χ0v) is 17.4. The Hall–Kier alpha value is -2.79. The maximum Gasteiger partial charge on any atom is 0.335 e. The van der Waals surface area contributed by atoms with Gasteiger partial charge in [-0.1, -0.05) is 45.8 Å². The predicted molar refractivity (Wildman–Crippen MR) is 115 cm³/mol. The summed E-state index contributed by atoms with van der Waals surface area (Å²) < 4.78 is 7.03. The number of aromatic carboxylic acids is 1. The number of benzene rings is 3. The molecule has 0 aromatic heterocycles. The van der Waals surface area contributed by atoms with E-state index in [4.69, 9.17) is 9.84 Å². The molecule has 4 nitrogen and oxygen atoms in total. The zero-order chi connectivity index (χ0) is 20.1. The van der Waals surface area contributed by atoms with Crippen LogP contribution in [0.15, 0.2) is 65.1 Å². The van der Waals surface area contributed by atoms with Gasteiger partial charge >= 0.3 is 5.97 Å². The number of anilines is 1. The van der Waals surface area contributed by atoms with Crippen molar-refractivity contribution in [3.05, 3.63) is 93.0 Å². The van der Waals surface area contributed by atoms with E-state index in [9.17, 15) is 4.79 Å². The van der Waals surface area contributed by atoms with Gasteiger partial charge in [0.05, 0.1) is 5.56 Å². The molecule has 3 rings (SSSR count). The molecule has 0 fully saturated rings. The van der Waals surface area contributed by atoms with E-state index < -0.39 is 5.97 Å². The molecule has 3 aromatic rings. The summed E-state index contributed by atoms with van der Waals surface area (Å²) >= 11 is 3.52. The largest absolute Gasteiger partial charge is 0.489 e. The maximum absolute atomic E-state index is 11.1. The monoisotopic (exact) mass is 439 g/mol. The Kier molecular flexibility index (Phi) is 6.37. The van der Waals surface area contributed by atoms with Crippen LogP contribution in [-0.2, 0) is 13.2 Å². The van der Waals surface area contributed by atoms with E-state index in [1.807, 2.05) is 25.1 Å². The molecule has 0 saturated heterocycles. The van der Waals surface area contributed by atoms with Gasteiger partial charge in [-0.05, 0) is 61.4 Å². The molecule has 0 heterocycles. The zero-order valence-electron chi connectivity index (χ0n) is 15.8. The summed E-state index contributed by atoms with van der Waals surface area (Å²) in [6, 6.07) is 19.3. The summed E-state index contributed by atoms with van der Waals surface area (Å²) in [6.07, 6.45) is 0. The molecular formula is C23H22BrNO3. The summed E-state index contributed by atoms with van der Waals surface area (Å²) in [4.78, 5) is 11.1. The van der Waals surface area contributed by atoms with Gasteiger partial charge in [-0.3, -0.25) is 0 Å². The summed E-state index contributed by atoms with van der Waals surface area (Å²) in [5.74, 6) is -0.107. The van der Waals surface area contributed by atoms with Crippen molar-refractivity contribution < 1.29 is 14.6 Å². The Morgan fingerprint density at radius 1 is 1.04 bits per heavy atom. The molecular weight excluding hydrogens is 418 g/mol. The van der Waals surface area contributed by atoms with Crippen molar-refractivity contribution in [2.75, 3.05) is 5.32 Å². The summed E-state index contributed by atoms with van der Waals surface area (Å²) in [6.45, 7) is 5.02. The first kappa shape index (κ1) is 20.0. The molecule has 0 aliphatic carbocycles. The Morgan fingerprint density at radius 2 is 1.79 bits per heavy atom. The van der Waals surface area contributed by atoms with Crippen LogP contribution in [0.3, 0.4) is 0 Å². The minimum absolute atomic E-state index is 0.285. The second kappa shape index (κ2) is 8.93. The standard InChI is InChI=1S/C23H22BrNO3/c1-15-3-5-17(6-4-15)14-28-22-10-8-20(24)12-19(22)13-25-21-9-7-18(23(26)27)11-16(21)2/h3-12,25H,13-14H2,1-2H3,(H,26,27). The third-order valence-electron chi connectivity index (χ3n) is 4.48. The van der Waals surface area contributed by atoms with Gasteiger partial charge < -0.3 is 15.2 Å². The third kappa shape index (κ3) is 5.14. The quantitative estimate of drug-likeness (QED) is 0.476. The van der Waals surface area contributed by atoms with E-state index in [1.165, 1.54) is 5.56 Å². The number of nitrogens with one attached hydrogen (secondary N) is 1. The predicted octanol–water partition coefficient (Wildman–Crippen LogP) is 5.96. The summed E-state index contributed by atoms with van der Waals surface area (Å²) in [5, 5.41) is 12.5. The average molecular weight is 440 g/mol. The van der Waals surface area contributed by atoms with Crippen LogP contribution in [0.25, 0.3) is 0 Å². The Labute approximate surface area is 173 Å². The van der Waals surface area contributed by atoms with Crippen molar-refractivity contribution >= 4 is 27.6 Å². The summed E-state index contributed by atoms with van der Waals surface area (Å²) in [7, 11) is 0. The SMILES string of the molecule is Cc1ccc(COc2ccc(Br)cc2CNc2ccc(C(=O)O)cc2C)cc1. The lowest BCUT2D eigenvalue weighted by Gasteiger charge is -2.15. The van der Waals surface area contributed by atoms with Gasteiger partial charge in [0.25, 0.3) is 0 Å². The fraction of sp³-hybridized carbons (Fsp3) is 0.174. The van der Waals surface area contributed by atoms with Gasteiger partial charge in [-0.15, -0.1) is 0 Å². The molecule has 144 valence electrons. The highest BCUT2D eigenvalue weighted by atomic mass is 79.9. The van der Waals surface area contributed by atoms with Gasteiger partial charge in [-0.25, -0.2) is 4.79 Å². The van der Waals surface area contributed by atoms with Gasteiger partial charge in [-0.2, -0.15) is 0 Å². The van der Waals surface area contributed by atoms with Gasteiger partial charge in [0.15, 0.2) is 0 Å². The lowest BCUT2D eigenvalue weighted by molar-refractivity contribution is 0.0697. The number of aryl methyl sites for hydroxylation is 2. The van der Waals surface area contributed by atoms with Crippen LogP contribution in [-0.4, -0.2) is 11.1 Å². The van der Waals surface area contributed by atoms with E-state index in [1.54, 1.807) is 18.2 Å². The molecule has 0 atom stereocenters. The van der Waals surface area contributed by atoms with Crippen molar-refractivity contribution in [2.24, 2.45) is 0 Å². The number of hydrogen-bond donors (Lipinski definition) is 2. The van der Waals surface area contributed by atoms with Crippen molar-refractivity contribution in [3.63, 3.8) is 0 Å². The fourth-order valence-electron chi connectivity index (χ4n) is 2.86. The minimum atomic E-state index is -0.923. The lowest BCUT2D eigenvalue weighted by Crippen LogP contribution is -2.06. The molecule has 0 aliphatic rings. The van der Waals surface area contributed by atoms with Crippen molar-refractivity contribution in [1.82, 2.24) is 0 Å². The van der Waals surface area contributed by atoms with Crippen molar-refractivity contribution in [1.29, 1.82) is 0 Å². The normalized spacial score (nSPS) is 10.5. The molecule has 0 bridgehead atoms. The van der Waals surface area contributed by atoms with Crippen molar-refractivity contribution in [3.8, 4) is 5.75 Å². The van der Waals surface area contributed by atoms with Crippen molar-refractivity contribution in [2.45, 2.75) is 27.0 Å². The number of carboxylic acid groups (broad SMARTS) is 1. The van der Waals surface area contributed by atoms with Crippen LogP contribution in [0, 0.1) is 13.8 Å². The number of ether oxygens (including phenoxy) is 1. The molecule has 3 aromatic carbocycles. The van der Waals surface area contributed by atoms with Crippen LogP contribution in [0.4, 0.5) is 5.69 Å². The first-order valence-electron chi connectivity index (χ1n) is 8.97.